The van der Waals surface area contributed by atoms with Gasteiger partial charge < -0.3 is 0 Å². The molecule has 0 fully saturated rings. The number of carbonyl (C=O) groups excluding carboxylic acids is 1. The normalized spacial score (nSPS) is 8.38. The molecular weight excluding hydrogens is 662 g/mol. The van der Waals surface area contributed by atoms with Crippen molar-refractivity contribution in [1.82, 2.24) is 0 Å². The number of hydrogen-bond acceptors (Lipinski definition) is 1. The van der Waals surface area contributed by atoms with Crippen LogP contribution in [0.1, 0.15) is 89.4 Å². The van der Waals surface area contributed by atoms with Crippen LogP contribution in [0, 0.1) is 31.6 Å². The number of ketones is 1. The second kappa shape index (κ2) is 34.0. The number of hydrogen-bond donors (Lipinski definition) is 0. The van der Waals surface area contributed by atoms with Crippen molar-refractivity contribution in [1.29, 1.82) is 0 Å². The minimum atomic E-state index is 0. The molecule has 2 radical (unpaired) electrons. The Bertz CT molecular complexity index is 1000. The Labute approximate surface area is 310 Å². The molecule has 0 spiro atoms. The standard InChI is InChI=1S/2C10H13.C8H8O.C7H8.2C2H6.2Y/c2*1-9(2)8-10-6-4-3-5-7-10;1-7(9)8-5-3-2-4-6-8;1-7-5-3-2-4-6-7;2*1-2;;/h2*3-9H,1-2H3;2-6H,1H3;2-6H,1H3;2*1-2H3;;/q2*-1;;;;;;. The van der Waals surface area contributed by atoms with E-state index in [-0.39, 0.29) is 71.2 Å². The van der Waals surface area contributed by atoms with Crippen molar-refractivity contribution in [2.75, 3.05) is 0 Å². The molecule has 1 nitrogen and oxygen atoms in total. The van der Waals surface area contributed by atoms with Crippen LogP contribution in [0.15, 0.2) is 121 Å². The minimum absolute atomic E-state index is 0. The molecule has 3 heteroatoms. The molecule has 0 saturated carbocycles. The van der Waals surface area contributed by atoms with E-state index >= 15 is 0 Å². The fraction of sp³-hybridized carbons (Fsp3) is 0.308. The summed E-state index contributed by atoms with van der Waals surface area (Å²) in [7, 11) is 0. The van der Waals surface area contributed by atoms with Gasteiger partial charge >= 0.3 is 0 Å². The molecule has 0 aliphatic rings. The van der Waals surface area contributed by atoms with Crippen molar-refractivity contribution in [3.8, 4) is 0 Å². The van der Waals surface area contributed by atoms with Gasteiger partial charge in [0.05, 0.1) is 0 Å². The van der Waals surface area contributed by atoms with Crippen LogP contribution in [0.5, 0.6) is 0 Å². The molecule has 0 aliphatic heterocycles. The summed E-state index contributed by atoms with van der Waals surface area (Å²) in [6, 6.07) is 40.3. The quantitative estimate of drug-likeness (QED) is 0.148. The van der Waals surface area contributed by atoms with Crippen LogP contribution >= 0.6 is 0 Å². The molecule has 0 amide bonds. The maximum Gasteiger partial charge on any atom is 0.159 e. The van der Waals surface area contributed by atoms with Crippen molar-refractivity contribution >= 4 is 5.78 Å². The number of benzene rings is 4. The first kappa shape index (κ1) is 47.4. The largest absolute Gasteiger partial charge is 0.295 e. The fourth-order valence-corrected chi connectivity index (χ4v) is 3.11. The maximum absolute atomic E-state index is 10.6. The molecule has 0 unspecified atom stereocenters. The Hall–Kier alpha value is -1.50. The van der Waals surface area contributed by atoms with Gasteiger partial charge in [0.1, 0.15) is 0 Å². The third kappa shape index (κ3) is 30.0. The molecule has 0 saturated heterocycles. The van der Waals surface area contributed by atoms with Crippen molar-refractivity contribution in [2.24, 2.45) is 11.8 Å². The first-order valence-corrected chi connectivity index (χ1v) is 14.7. The van der Waals surface area contributed by atoms with E-state index < -0.39 is 0 Å². The van der Waals surface area contributed by atoms with Gasteiger partial charge in [0.2, 0.25) is 0 Å². The summed E-state index contributed by atoms with van der Waals surface area (Å²) in [4.78, 5) is 10.6. The molecule has 0 bridgehead atoms. The third-order valence-corrected chi connectivity index (χ3v) is 4.77. The van der Waals surface area contributed by atoms with Gasteiger partial charge in [-0.1, -0.05) is 146 Å². The summed E-state index contributed by atoms with van der Waals surface area (Å²) in [5.41, 5.74) is 4.73. The summed E-state index contributed by atoms with van der Waals surface area (Å²) in [6.45, 7) is 20.4. The topological polar surface area (TPSA) is 17.1 Å². The van der Waals surface area contributed by atoms with Gasteiger partial charge in [0.15, 0.2) is 5.78 Å². The monoisotopic (exact) mass is 716 g/mol. The number of aryl methyl sites for hydroxylation is 1. The summed E-state index contributed by atoms with van der Waals surface area (Å²) in [5, 5.41) is 0. The summed E-state index contributed by atoms with van der Waals surface area (Å²) < 4.78 is 0. The van der Waals surface area contributed by atoms with E-state index in [0.717, 1.165) is 5.56 Å². The SMILES string of the molecule is CC.CC.CC(=O)c1ccccc1.CC(C)[CH-]c1ccccc1.CC(C)[CH-]c1ccccc1.Cc1ccccc1.[Y].[Y]. The molecule has 4 aromatic rings. The molecule has 0 aromatic heterocycles. The predicted molar refractivity (Wildman–Crippen MR) is 180 cm³/mol. The maximum atomic E-state index is 10.6. The molecule has 0 atom stereocenters. The molecule has 4 rings (SSSR count). The van der Waals surface area contributed by atoms with Gasteiger partial charge in [-0.2, -0.15) is 48.2 Å². The van der Waals surface area contributed by atoms with E-state index in [2.05, 4.69) is 108 Å². The Balaban J connectivity index is -0.000000218. The molecule has 42 heavy (non-hydrogen) atoms. The minimum Gasteiger partial charge on any atom is -0.295 e. The van der Waals surface area contributed by atoms with E-state index in [1.165, 1.54) is 16.7 Å². The van der Waals surface area contributed by atoms with E-state index in [4.69, 9.17) is 0 Å². The Morgan fingerprint density at radius 3 is 0.952 bits per heavy atom. The Morgan fingerprint density at radius 1 is 0.500 bits per heavy atom. The van der Waals surface area contributed by atoms with Crippen LogP contribution < -0.4 is 0 Å². The first-order valence-electron chi connectivity index (χ1n) is 14.7. The average Bonchev–Trinajstić information content (AvgIpc) is 2.97. The molecule has 4 aromatic carbocycles. The molecule has 0 N–H and O–H groups in total. The zero-order valence-corrected chi connectivity index (χ0v) is 33.6. The predicted octanol–water partition coefficient (Wildman–Crippen LogP) is 11.7. The second-order valence-electron chi connectivity index (χ2n) is 9.22. The van der Waals surface area contributed by atoms with Crippen LogP contribution in [0.4, 0.5) is 0 Å². The Kier molecular flexibility index (Phi) is 38.4. The van der Waals surface area contributed by atoms with Gasteiger partial charge in [-0.3, -0.25) is 4.79 Å². The zero-order valence-electron chi connectivity index (χ0n) is 27.9. The number of carbonyl (C=O) groups is 1. The van der Waals surface area contributed by atoms with Crippen molar-refractivity contribution in [3.05, 3.63) is 156 Å². The first-order chi connectivity index (χ1) is 19.3. The fourth-order valence-electron chi connectivity index (χ4n) is 3.11. The second-order valence-corrected chi connectivity index (χ2v) is 9.22. The average molecular weight is 717 g/mol. The molecule has 0 aliphatic carbocycles. The van der Waals surface area contributed by atoms with Crippen LogP contribution in [0.3, 0.4) is 0 Å². The van der Waals surface area contributed by atoms with Crippen molar-refractivity contribution < 1.29 is 70.2 Å². The van der Waals surface area contributed by atoms with Crippen LogP contribution in [-0.2, 0) is 65.4 Å². The Morgan fingerprint density at radius 2 is 0.762 bits per heavy atom. The molecular formula is C39H54OY2-2. The van der Waals surface area contributed by atoms with Gasteiger partial charge in [0, 0.05) is 71.0 Å². The summed E-state index contributed by atoms with van der Waals surface area (Å²) in [6.07, 6.45) is 4.50. The van der Waals surface area contributed by atoms with Crippen molar-refractivity contribution in [3.63, 3.8) is 0 Å². The van der Waals surface area contributed by atoms with Crippen molar-refractivity contribution in [2.45, 2.75) is 69.2 Å². The number of rotatable bonds is 5. The van der Waals surface area contributed by atoms with E-state index in [0.29, 0.717) is 11.8 Å². The van der Waals surface area contributed by atoms with Gasteiger partial charge in [-0.05, 0) is 13.8 Å². The molecule has 0 heterocycles. The summed E-state index contributed by atoms with van der Waals surface area (Å²) in [5.74, 6) is 1.40. The van der Waals surface area contributed by atoms with Crippen LogP contribution in [0.25, 0.3) is 0 Å². The van der Waals surface area contributed by atoms with Gasteiger partial charge in [0.25, 0.3) is 0 Å². The van der Waals surface area contributed by atoms with Gasteiger partial charge in [-0.25, -0.2) is 0 Å². The zero-order chi connectivity index (χ0) is 30.6. The third-order valence-electron chi connectivity index (χ3n) is 4.77. The van der Waals surface area contributed by atoms with Crippen LogP contribution in [-0.4, -0.2) is 5.78 Å². The van der Waals surface area contributed by atoms with Crippen LogP contribution in [0.2, 0.25) is 0 Å². The smallest absolute Gasteiger partial charge is 0.159 e. The number of Topliss-reactive ketones (excluding diaryl/α,β-unsaturated/α-hetero) is 1. The van der Waals surface area contributed by atoms with E-state index in [9.17, 15) is 4.79 Å². The van der Waals surface area contributed by atoms with E-state index in [1.54, 1.807) is 6.92 Å². The molecule has 224 valence electrons. The summed E-state index contributed by atoms with van der Waals surface area (Å²) >= 11 is 0. The van der Waals surface area contributed by atoms with E-state index in [1.807, 2.05) is 88.4 Å². The van der Waals surface area contributed by atoms with Gasteiger partial charge in [-0.15, -0.1) is 24.3 Å².